The number of nitrogens with one attached hydrogen (secondary N) is 1. The Morgan fingerprint density at radius 2 is 2.37 bits per heavy atom. The molecular weight excluding hydrogens is 254 g/mol. The van der Waals surface area contributed by atoms with Crippen LogP contribution in [0.3, 0.4) is 0 Å². The number of aromatic nitrogens is 2. The summed E-state index contributed by atoms with van der Waals surface area (Å²) >= 11 is 2.13. The molecule has 19 heavy (non-hydrogen) atoms. The maximum Gasteiger partial charge on any atom is 0.110 e. The fourth-order valence-electron chi connectivity index (χ4n) is 2.98. The molecule has 4 heteroatoms. The first-order valence-electron chi connectivity index (χ1n) is 7.57. The Kier molecular flexibility index (Phi) is 5.34. The maximum absolute atomic E-state index is 4.57. The van der Waals surface area contributed by atoms with Crippen LogP contribution in [0.2, 0.25) is 0 Å². The minimum atomic E-state index is 0.374. The summed E-state index contributed by atoms with van der Waals surface area (Å²) in [5.74, 6) is 2.54. The molecule has 1 aromatic rings. The summed E-state index contributed by atoms with van der Waals surface area (Å²) in [5.41, 5.74) is 0. The lowest BCUT2D eigenvalue weighted by atomic mass is 9.93. The standard InChI is InChI=1S/C15H27N3S/c1-4-9-18-10-8-17-14(18)12-13(16-5-2)15(3)7-6-11-19-15/h8,10,13,16H,4-7,9,11-12H2,1-3H3. The van der Waals surface area contributed by atoms with Gasteiger partial charge in [-0.25, -0.2) is 4.98 Å². The highest BCUT2D eigenvalue weighted by Gasteiger charge is 2.37. The molecule has 3 nitrogen and oxygen atoms in total. The van der Waals surface area contributed by atoms with Gasteiger partial charge in [0.05, 0.1) is 0 Å². The second kappa shape index (κ2) is 6.80. The molecule has 2 unspecified atom stereocenters. The van der Waals surface area contributed by atoms with Crippen LogP contribution in [0.15, 0.2) is 12.4 Å². The smallest absolute Gasteiger partial charge is 0.110 e. The SMILES string of the molecule is CCCn1ccnc1CC(NCC)C1(C)CCCS1. The summed E-state index contributed by atoms with van der Waals surface area (Å²) in [6.07, 6.45) is 8.95. The molecule has 0 spiro atoms. The second-order valence-corrected chi connectivity index (χ2v) is 7.25. The van der Waals surface area contributed by atoms with Crippen molar-refractivity contribution in [2.24, 2.45) is 0 Å². The average molecular weight is 281 g/mol. The number of imidazole rings is 1. The van der Waals surface area contributed by atoms with Gasteiger partial charge in [-0.05, 0) is 38.5 Å². The first-order chi connectivity index (χ1) is 9.19. The fourth-order valence-corrected chi connectivity index (χ4v) is 4.39. The molecule has 1 saturated heterocycles. The summed E-state index contributed by atoms with van der Waals surface area (Å²) in [5, 5.41) is 3.70. The minimum absolute atomic E-state index is 0.374. The van der Waals surface area contributed by atoms with Gasteiger partial charge in [-0.1, -0.05) is 13.8 Å². The van der Waals surface area contributed by atoms with Crippen LogP contribution in [0.4, 0.5) is 0 Å². The molecule has 2 atom stereocenters. The van der Waals surface area contributed by atoms with Crippen molar-refractivity contribution in [3.8, 4) is 0 Å². The van der Waals surface area contributed by atoms with E-state index < -0.39 is 0 Å². The Balaban J connectivity index is 2.09. The largest absolute Gasteiger partial charge is 0.335 e. The minimum Gasteiger partial charge on any atom is -0.335 e. The molecule has 0 radical (unpaired) electrons. The first-order valence-corrected chi connectivity index (χ1v) is 8.55. The number of nitrogens with zero attached hydrogens (tertiary/aromatic N) is 2. The molecule has 1 aliphatic heterocycles. The molecule has 0 aromatic carbocycles. The number of aryl methyl sites for hydroxylation is 1. The first kappa shape index (κ1) is 14.9. The molecule has 0 bridgehead atoms. The van der Waals surface area contributed by atoms with Crippen molar-refractivity contribution < 1.29 is 0 Å². The van der Waals surface area contributed by atoms with Gasteiger partial charge in [0.2, 0.25) is 0 Å². The van der Waals surface area contributed by atoms with E-state index in [0.717, 1.165) is 19.5 Å². The van der Waals surface area contributed by atoms with Crippen LogP contribution in [-0.2, 0) is 13.0 Å². The number of hydrogen-bond donors (Lipinski definition) is 1. The second-order valence-electron chi connectivity index (χ2n) is 5.62. The van der Waals surface area contributed by atoms with Crippen molar-refractivity contribution in [3.05, 3.63) is 18.2 Å². The Bertz CT molecular complexity index is 382. The summed E-state index contributed by atoms with van der Waals surface area (Å²) in [6.45, 7) is 8.96. The molecule has 2 rings (SSSR count). The third-order valence-electron chi connectivity index (χ3n) is 4.09. The molecule has 2 heterocycles. The van der Waals surface area contributed by atoms with E-state index in [9.17, 15) is 0 Å². The molecule has 0 aliphatic carbocycles. The fraction of sp³-hybridized carbons (Fsp3) is 0.800. The molecular formula is C15H27N3S. The van der Waals surface area contributed by atoms with Crippen molar-refractivity contribution in [1.29, 1.82) is 0 Å². The normalized spacial score (nSPS) is 24.8. The van der Waals surface area contributed by atoms with Crippen LogP contribution in [-0.4, -0.2) is 32.6 Å². The van der Waals surface area contributed by atoms with E-state index in [4.69, 9.17) is 0 Å². The van der Waals surface area contributed by atoms with E-state index in [2.05, 4.69) is 53.6 Å². The van der Waals surface area contributed by atoms with Gasteiger partial charge < -0.3 is 9.88 Å². The zero-order valence-corrected chi connectivity index (χ0v) is 13.3. The maximum atomic E-state index is 4.57. The summed E-state index contributed by atoms with van der Waals surface area (Å²) in [4.78, 5) is 4.57. The van der Waals surface area contributed by atoms with E-state index in [-0.39, 0.29) is 0 Å². The molecule has 0 saturated carbocycles. The summed E-state index contributed by atoms with van der Waals surface area (Å²) in [6, 6.07) is 0.531. The van der Waals surface area contributed by atoms with Crippen molar-refractivity contribution in [1.82, 2.24) is 14.9 Å². The van der Waals surface area contributed by atoms with Crippen molar-refractivity contribution in [2.45, 2.75) is 63.8 Å². The zero-order valence-electron chi connectivity index (χ0n) is 12.5. The molecule has 108 valence electrons. The Morgan fingerprint density at radius 1 is 1.53 bits per heavy atom. The highest BCUT2D eigenvalue weighted by atomic mass is 32.2. The van der Waals surface area contributed by atoms with Crippen molar-refractivity contribution in [2.75, 3.05) is 12.3 Å². The van der Waals surface area contributed by atoms with Gasteiger partial charge >= 0.3 is 0 Å². The van der Waals surface area contributed by atoms with E-state index in [1.165, 1.54) is 30.8 Å². The summed E-state index contributed by atoms with van der Waals surface area (Å²) in [7, 11) is 0. The Labute approximate surface area is 121 Å². The number of hydrogen-bond acceptors (Lipinski definition) is 3. The van der Waals surface area contributed by atoms with Crippen LogP contribution in [0.1, 0.15) is 45.9 Å². The molecule has 0 amide bonds. The van der Waals surface area contributed by atoms with E-state index in [1.54, 1.807) is 0 Å². The quantitative estimate of drug-likeness (QED) is 0.833. The lowest BCUT2D eigenvalue weighted by Gasteiger charge is -2.34. The predicted octanol–water partition coefficient (Wildman–Crippen LogP) is 3.10. The Morgan fingerprint density at radius 3 is 3.00 bits per heavy atom. The van der Waals surface area contributed by atoms with Gasteiger partial charge in [0.1, 0.15) is 5.82 Å². The van der Waals surface area contributed by atoms with E-state index in [0.29, 0.717) is 10.8 Å². The Hall–Kier alpha value is -0.480. The third-order valence-corrected chi connectivity index (χ3v) is 5.73. The number of rotatable bonds is 7. The van der Waals surface area contributed by atoms with Crippen LogP contribution < -0.4 is 5.32 Å². The van der Waals surface area contributed by atoms with Gasteiger partial charge in [0.15, 0.2) is 0 Å². The lowest BCUT2D eigenvalue weighted by Crippen LogP contribution is -2.47. The van der Waals surface area contributed by atoms with Crippen molar-refractivity contribution >= 4 is 11.8 Å². The number of thioether (sulfide) groups is 1. The predicted molar refractivity (Wildman–Crippen MR) is 83.8 cm³/mol. The van der Waals surface area contributed by atoms with Gasteiger partial charge in [0, 0.05) is 36.1 Å². The number of likely N-dealkylation sites (N-methyl/N-ethyl adjacent to an activating group) is 1. The van der Waals surface area contributed by atoms with Crippen LogP contribution in [0, 0.1) is 0 Å². The van der Waals surface area contributed by atoms with Crippen LogP contribution in [0.5, 0.6) is 0 Å². The monoisotopic (exact) mass is 281 g/mol. The molecule has 1 aromatic heterocycles. The third kappa shape index (κ3) is 3.54. The highest BCUT2D eigenvalue weighted by molar-refractivity contribution is 8.00. The van der Waals surface area contributed by atoms with Crippen LogP contribution in [0.25, 0.3) is 0 Å². The van der Waals surface area contributed by atoms with Gasteiger partial charge in [-0.2, -0.15) is 11.8 Å². The van der Waals surface area contributed by atoms with Gasteiger partial charge in [-0.3, -0.25) is 0 Å². The molecule has 1 fully saturated rings. The van der Waals surface area contributed by atoms with E-state index >= 15 is 0 Å². The van der Waals surface area contributed by atoms with Gasteiger partial charge in [-0.15, -0.1) is 0 Å². The molecule has 1 N–H and O–H groups in total. The van der Waals surface area contributed by atoms with E-state index in [1.807, 2.05) is 6.20 Å². The topological polar surface area (TPSA) is 29.9 Å². The van der Waals surface area contributed by atoms with Crippen molar-refractivity contribution in [3.63, 3.8) is 0 Å². The van der Waals surface area contributed by atoms with Crippen LogP contribution >= 0.6 is 11.8 Å². The summed E-state index contributed by atoms with van der Waals surface area (Å²) < 4.78 is 2.69. The highest BCUT2D eigenvalue weighted by Crippen LogP contribution is 2.41. The average Bonchev–Trinajstić information content (AvgIpc) is 3.00. The molecule has 1 aliphatic rings. The zero-order chi connectivity index (χ0) is 13.7. The lowest BCUT2D eigenvalue weighted by molar-refractivity contribution is 0.395. The van der Waals surface area contributed by atoms with Gasteiger partial charge in [0.25, 0.3) is 0 Å².